The SMILES string of the molecule is CCCCNC(=O)C(CC)CC. The monoisotopic (exact) mass is 171 g/mol. The molecule has 0 saturated heterocycles. The molecule has 0 atom stereocenters. The standard InChI is InChI=1S/C10H21NO/c1-4-7-8-11-10(12)9(5-2)6-3/h9H,4-8H2,1-3H3,(H,11,12). The summed E-state index contributed by atoms with van der Waals surface area (Å²) in [5.74, 6) is 0.454. The summed E-state index contributed by atoms with van der Waals surface area (Å²) in [4.78, 5) is 11.4. The van der Waals surface area contributed by atoms with Gasteiger partial charge in [0.2, 0.25) is 5.91 Å². The maximum atomic E-state index is 11.4. The summed E-state index contributed by atoms with van der Waals surface area (Å²) in [7, 11) is 0. The Morgan fingerprint density at radius 3 is 2.25 bits per heavy atom. The van der Waals surface area contributed by atoms with Gasteiger partial charge < -0.3 is 5.32 Å². The van der Waals surface area contributed by atoms with Gasteiger partial charge in [0.05, 0.1) is 0 Å². The van der Waals surface area contributed by atoms with Gasteiger partial charge in [-0.1, -0.05) is 27.2 Å². The van der Waals surface area contributed by atoms with E-state index in [1.807, 2.05) is 0 Å². The van der Waals surface area contributed by atoms with Gasteiger partial charge in [0.1, 0.15) is 0 Å². The van der Waals surface area contributed by atoms with Gasteiger partial charge in [-0.2, -0.15) is 0 Å². The number of carbonyl (C=O) groups is 1. The zero-order chi connectivity index (χ0) is 9.40. The van der Waals surface area contributed by atoms with Crippen molar-refractivity contribution in [2.75, 3.05) is 6.54 Å². The summed E-state index contributed by atoms with van der Waals surface area (Å²) in [6, 6.07) is 0. The van der Waals surface area contributed by atoms with Gasteiger partial charge in [0.25, 0.3) is 0 Å². The Hall–Kier alpha value is -0.530. The van der Waals surface area contributed by atoms with Crippen molar-refractivity contribution in [3.63, 3.8) is 0 Å². The Morgan fingerprint density at radius 1 is 1.25 bits per heavy atom. The van der Waals surface area contributed by atoms with Crippen LogP contribution in [0.3, 0.4) is 0 Å². The molecule has 72 valence electrons. The highest BCUT2D eigenvalue weighted by Gasteiger charge is 2.12. The lowest BCUT2D eigenvalue weighted by molar-refractivity contribution is -0.125. The molecule has 1 amide bonds. The fourth-order valence-corrected chi connectivity index (χ4v) is 1.19. The molecule has 2 nitrogen and oxygen atoms in total. The van der Waals surface area contributed by atoms with Crippen LogP contribution in [0.15, 0.2) is 0 Å². The molecule has 0 heterocycles. The minimum Gasteiger partial charge on any atom is -0.356 e. The van der Waals surface area contributed by atoms with E-state index in [0.717, 1.165) is 32.2 Å². The van der Waals surface area contributed by atoms with E-state index in [-0.39, 0.29) is 11.8 Å². The van der Waals surface area contributed by atoms with Crippen LogP contribution in [0.1, 0.15) is 46.5 Å². The zero-order valence-corrected chi connectivity index (χ0v) is 8.52. The van der Waals surface area contributed by atoms with Crippen molar-refractivity contribution < 1.29 is 4.79 Å². The van der Waals surface area contributed by atoms with E-state index in [1.54, 1.807) is 0 Å². The first-order valence-electron chi connectivity index (χ1n) is 5.03. The molecule has 2 heteroatoms. The third kappa shape index (κ3) is 4.37. The Morgan fingerprint density at radius 2 is 1.83 bits per heavy atom. The number of unbranched alkanes of at least 4 members (excludes halogenated alkanes) is 1. The average molecular weight is 171 g/mol. The van der Waals surface area contributed by atoms with Gasteiger partial charge in [-0.3, -0.25) is 4.79 Å². The van der Waals surface area contributed by atoms with Crippen LogP contribution in [0.5, 0.6) is 0 Å². The first kappa shape index (κ1) is 11.5. The second-order valence-electron chi connectivity index (χ2n) is 3.16. The van der Waals surface area contributed by atoms with Crippen LogP contribution in [0.2, 0.25) is 0 Å². The second kappa shape index (κ2) is 7.14. The van der Waals surface area contributed by atoms with Crippen LogP contribution in [0.4, 0.5) is 0 Å². The van der Waals surface area contributed by atoms with Crippen LogP contribution < -0.4 is 5.32 Å². The van der Waals surface area contributed by atoms with E-state index in [1.165, 1.54) is 0 Å². The maximum absolute atomic E-state index is 11.4. The molecule has 0 aromatic rings. The highest BCUT2D eigenvalue weighted by atomic mass is 16.1. The fraction of sp³-hybridized carbons (Fsp3) is 0.900. The van der Waals surface area contributed by atoms with Crippen molar-refractivity contribution in [2.45, 2.75) is 46.5 Å². The van der Waals surface area contributed by atoms with Gasteiger partial charge in [-0.05, 0) is 19.3 Å². The van der Waals surface area contributed by atoms with Gasteiger partial charge >= 0.3 is 0 Å². The first-order valence-corrected chi connectivity index (χ1v) is 5.03. The molecule has 0 aliphatic heterocycles. The van der Waals surface area contributed by atoms with Crippen molar-refractivity contribution in [1.82, 2.24) is 5.32 Å². The van der Waals surface area contributed by atoms with E-state index in [9.17, 15) is 4.79 Å². The van der Waals surface area contributed by atoms with Crippen LogP contribution >= 0.6 is 0 Å². The molecular formula is C10H21NO. The topological polar surface area (TPSA) is 29.1 Å². The first-order chi connectivity index (χ1) is 5.76. The summed E-state index contributed by atoms with van der Waals surface area (Å²) in [6.07, 6.45) is 4.14. The van der Waals surface area contributed by atoms with Gasteiger partial charge in [0, 0.05) is 12.5 Å². The highest BCUT2D eigenvalue weighted by Crippen LogP contribution is 2.06. The molecule has 0 aromatic carbocycles. The molecule has 0 aromatic heterocycles. The summed E-state index contributed by atoms with van der Waals surface area (Å²) in [6.45, 7) is 7.09. The van der Waals surface area contributed by atoms with Crippen molar-refractivity contribution >= 4 is 5.91 Å². The maximum Gasteiger partial charge on any atom is 0.223 e. The van der Waals surface area contributed by atoms with Crippen LogP contribution in [0.25, 0.3) is 0 Å². The van der Waals surface area contributed by atoms with E-state index < -0.39 is 0 Å². The average Bonchev–Trinajstić information content (AvgIpc) is 2.07. The largest absolute Gasteiger partial charge is 0.356 e. The Bertz CT molecular complexity index is 119. The number of hydrogen-bond acceptors (Lipinski definition) is 1. The van der Waals surface area contributed by atoms with Crippen molar-refractivity contribution in [3.05, 3.63) is 0 Å². The fourth-order valence-electron chi connectivity index (χ4n) is 1.19. The quantitative estimate of drug-likeness (QED) is 0.611. The molecule has 0 radical (unpaired) electrons. The summed E-state index contributed by atoms with van der Waals surface area (Å²) >= 11 is 0. The van der Waals surface area contributed by atoms with E-state index in [2.05, 4.69) is 26.1 Å². The zero-order valence-electron chi connectivity index (χ0n) is 8.52. The highest BCUT2D eigenvalue weighted by molar-refractivity contribution is 5.78. The van der Waals surface area contributed by atoms with Crippen LogP contribution in [-0.2, 0) is 4.79 Å². The molecule has 0 rings (SSSR count). The summed E-state index contributed by atoms with van der Waals surface area (Å²) in [5, 5.41) is 2.95. The van der Waals surface area contributed by atoms with Crippen molar-refractivity contribution in [1.29, 1.82) is 0 Å². The second-order valence-corrected chi connectivity index (χ2v) is 3.16. The Balaban J connectivity index is 3.54. The number of nitrogens with one attached hydrogen (secondary N) is 1. The van der Waals surface area contributed by atoms with Gasteiger partial charge in [0.15, 0.2) is 0 Å². The predicted molar refractivity (Wildman–Crippen MR) is 52.0 cm³/mol. The van der Waals surface area contributed by atoms with E-state index in [4.69, 9.17) is 0 Å². The molecule has 0 aliphatic carbocycles. The van der Waals surface area contributed by atoms with Crippen molar-refractivity contribution in [2.24, 2.45) is 5.92 Å². The number of amides is 1. The molecule has 0 bridgehead atoms. The lowest BCUT2D eigenvalue weighted by atomic mass is 10.0. The molecular weight excluding hydrogens is 150 g/mol. The molecule has 12 heavy (non-hydrogen) atoms. The molecule has 0 saturated carbocycles. The lowest BCUT2D eigenvalue weighted by Crippen LogP contribution is -2.30. The third-order valence-electron chi connectivity index (χ3n) is 2.19. The van der Waals surface area contributed by atoms with Gasteiger partial charge in [-0.25, -0.2) is 0 Å². The molecule has 0 aliphatic rings. The molecule has 0 unspecified atom stereocenters. The number of hydrogen-bond donors (Lipinski definition) is 1. The van der Waals surface area contributed by atoms with E-state index >= 15 is 0 Å². The van der Waals surface area contributed by atoms with E-state index in [0.29, 0.717) is 0 Å². The summed E-state index contributed by atoms with van der Waals surface area (Å²) < 4.78 is 0. The minimum absolute atomic E-state index is 0.224. The molecule has 0 fully saturated rings. The summed E-state index contributed by atoms with van der Waals surface area (Å²) in [5.41, 5.74) is 0. The Labute approximate surface area is 75.7 Å². The third-order valence-corrected chi connectivity index (χ3v) is 2.19. The lowest BCUT2D eigenvalue weighted by Gasteiger charge is -2.11. The predicted octanol–water partition coefficient (Wildman–Crippen LogP) is 2.34. The normalized spacial score (nSPS) is 10.3. The number of carbonyl (C=O) groups excluding carboxylic acids is 1. The Kier molecular flexibility index (Phi) is 6.82. The number of rotatable bonds is 6. The van der Waals surface area contributed by atoms with Gasteiger partial charge in [-0.15, -0.1) is 0 Å². The van der Waals surface area contributed by atoms with Crippen molar-refractivity contribution in [3.8, 4) is 0 Å². The molecule has 0 spiro atoms. The smallest absolute Gasteiger partial charge is 0.223 e. The molecule has 1 N–H and O–H groups in total. The minimum atomic E-state index is 0.224. The van der Waals surface area contributed by atoms with Crippen LogP contribution in [-0.4, -0.2) is 12.5 Å². The van der Waals surface area contributed by atoms with Crippen LogP contribution in [0, 0.1) is 5.92 Å².